The van der Waals surface area contributed by atoms with Crippen molar-refractivity contribution in [3.05, 3.63) is 64.8 Å². The molecule has 1 heterocycles. The van der Waals surface area contributed by atoms with E-state index in [1.54, 1.807) is 50.2 Å². The van der Waals surface area contributed by atoms with Crippen molar-refractivity contribution in [2.75, 3.05) is 24.8 Å². The molecule has 0 aliphatic carbocycles. The molecule has 1 N–H and O–H groups in total. The zero-order valence-electron chi connectivity index (χ0n) is 22.9. The molecule has 0 amide bonds. The van der Waals surface area contributed by atoms with Crippen molar-refractivity contribution < 1.29 is 32.3 Å². The van der Waals surface area contributed by atoms with Crippen molar-refractivity contribution >= 4 is 30.0 Å². The van der Waals surface area contributed by atoms with Gasteiger partial charge in [0.25, 0.3) is 10.0 Å². The number of esters is 1. The summed E-state index contributed by atoms with van der Waals surface area (Å²) < 4.78 is 46.1. The number of anilines is 1. The summed E-state index contributed by atoms with van der Waals surface area (Å²) in [4.78, 5) is 12.1. The second-order valence-electron chi connectivity index (χ2n) is 10.2. The van der Waals surface area contributed by atoms with Crippen LogP contribution in [-0.4, -0.2) is 58.9 Å². The number of aliphatic hydroxyl groups excluding tert-OH is 1. The second kappa shape index (κ2) is 11.8. The molecule has 1 aromatic heterocycles. The number of rotatable bonds is 11. The molecule has 1 atom stereocenters. The molecule has 3 rings (SSSR count). The first-order valence-corrected chi connectivity index (χ1v) is 17.3. The summed E-state index contributed by atoms with van der Waals surface area (Å²) in [5.74, 6) is -0.427. The van der Waals surface area contributed by atoms with Crippen LogP contribution in [0.25, 0.3) is 11.1 Å². The number of aryl methyl sites for hydroxylation is 1. The van der Waals surface area contributed by atoms with E-state index in [1.807, 2.05) is 6.92 Å². The van der Waals surface area contributed by atoms with Gasteiger partial charge in [-0.25, -0.2) is 17.5 Å². The predicted octanol–water partition coefficient (Wildman–Crippen LogP) is 4.72. The minimum atomic E-state index is -4.21. The highest BCUT2D eigenvalue weighted by molar-refractivity contribution is 7.93. The molecule has 0 saturated carbocycles. The maximum atomic E-state index is 14.3. The number of ether oxygens (including phenoxy) is 2. The van der Waals surface area contributed by atoms with Crippen molar-refractivity contribution in [2.45, 2.75) is 57.5 Å². The van der Waals surface area contributed by atoms with Crippen molar-refractivity contribution in [3.63, 3.8) is 0 Å². The number of methoxy groups -OCH3 is 1. The van der Waals surface area contributed by atoms with Gasteiger partial charge in [-0.2, -0.15) is 0 Å². The third-order valence-electron chi connectivity index (χ3n) is 6.67. The Morgan fingerprint density at radius 1 is 1.13 bits per heavy atom. The number of hydrogen-bond acceptors (Lipinski definition) is 8. The van der Waals surface area contributed by atoms with Gasteiger partial charge in [-0.3, -0.25) is 0 Å². The highest BCUT2D eigenvalue weighted by Gasteiger charge is 2.34. The number of aliphatic hydroxyl groups is 1. The molecule has 0 radical (unpaired) electrons. The van der Waals surface area contributed by atoms with Crippen LogP contribution >= 0.6 is 0 Å². The smallest absolute Gasteiger partial charge is 0.337 e. The minimum Gasteiger partial charge on any atom is -0.465 e. The summed E-state index contributed by atoms with van der Waals surface area (Å²) in [6, 6.07) is 11.5. The maximum absolute atomic E-state index is 14.3. The van der Waals surface area contributed by atoms with E-state index in [-0.39, 0.29) is 36.3 Å². The number of nitrogens with zero attached hydrogens (tertiary/aromatic N) is 2. The Hall–Kier alpha value is -2.99. The average Bonchev–Trinajstić information content (AvgIpc) is 3.20. The first kappa shape index (κ1) is 29.6. The van der Waals surface area contributed by atoms with Gasteiger partial charge in [0.15, 0.2) is 0 Å². The fourth-order valence-electron chi connectivity index (χ4n) is 3.76. The number of carbonyl (C=O) groups excluding carboxylic acids is 1. The van der Waals surface area contributed by atoms with Crippen molar-refractivity contribution in [3.8, 4) is 11.1 Å². The van der Waals surface area contributed by atoms with Crippen LogP contribution in [0.1, 0.15) is 34.1 Å². The lowest BCUT2D eigenvalue weighted by Gasteiger charge is -2.29. The maximum Gasteiger partial charge on any atom is 0.337 e. The highest BCUT2D eigenvalue weighted by Crippen LogP contribution is 2.36. The first-order valence-electron chi connectivity index (χ1n) is 12.3. The molecule has 3 aromatic rings. The predicted molar refractivity (Wildman–Crippen MR) is 148 cm³/mol. The first-order chi connectivity index (χ1) is 17.8. The van der Waals surface area contributed by atoms with Crippen LogP contribution in [0.15, 0.2) is 51.9 Å². The molecule has 0 fully saturated rings. The fourth-order valence-corrected chi connectivity index (χ4v) is 5.87. The van der Waals surface area contributed by atoms with Gasteiger partial charge < -0.3 is 19.1 Å². The minimum absolute atomic E-state index is 0.0303. The van der Waals surface area contributed by atoms with Crippen LogP contribution in [0.3, 0.4) is 0 Å². The Labute approximate surface area is 225 Å². The summed E-state index contributed by atoms with van der Waals surface area (Å²) >= 11 is 0. The highest BCUT2D eigenvalue weighted by atomic mass is 32.2. The average molecular weight is 561 g/mol. The number of aromatic nitrogens is 1. The molecular formula is C27H36N2O7SSi. The van der Waals surface area contributed by atoms with E-state index in [1.165, 1.54) is 13.2 Å². The standard InChI is InChI=1S/C27H36N2O7SSi/c1-18-19(2)28-36-26(18)29(17-35-20(3)38(5,6)7)37(32,33)25-11-9-8-10-24(25)23-13-12-22(27(31)34-4)16-21(23)14-15-30/h8-13,16,20,30H,14-15,17H2,1-7H3. The van der Waals surface area contributed by atoms with Gasteiger partial charge in [0.05, 0.1) is 31.3 Å². The Morgan fingerprint density at radius 3 is 2.39 bits per heavy atom. The molecule has 1 unspecified atom stereocenters. The van der Waals surface area contributed by atoms with Gasteiger partial charge in [0, 0.05) is 23.5 Å². The van der Waals surface area contributed by atoms with E-state index in [4.69, 9.17) is 14.0 Å². The molecule has 11 heteroatoms. The quantitative estimate of drug-likeness (QED) is 0.203. The lowest BCUT2D eigenvalue weighted by molar-refractivity contribution is 0.0600. The third kappa shape index (κ3) is 6.17. The van der Waals surface area contributed by atoms with Crippen molar-refractivity contribution in [1.82, 2.24) is 5.16 Å². The van der Waals surface area contributed by atoms with Gasteiger partial charge in [-0.15, -0.1) is 0 Å². The Kier molecular flexibility index (Phi) is 9.19. The Morgan fingerprint density at radius 2 is 1.82 bits per heavy atom. The van der Waals surface area contributed by atoms with Gasteiger partial charge in [-0.1, -0.05) is 49.1 Å². The number of benzene rings is 2. The number of sulfonamides is 1. The lowest BCUT2D eigenvalue weighted by Crippen LogP contribution is -2.42. The Bertz CT molecular complexity index is 1400. The topological polar surface area (TPSA) is 119 Å². The van der Waals surface area contributed by atoms with E-state index < -0.39 is 24.1 Å². The molecule has 0 aliphatic rings. The largest absolute Gasteiger partial charge is 0.465 e. The van der Waals surface area contributed by atoms with Crippen LogP contribution in [0, 0.1) is 13.8 Å². The zero-order chi connectivity index (χ0) is 28.3. The van der Waals surface area contributed by atoms with E-state index in [0.717, 1.165) is 4.31 Å². The van der Waals surface area contributed by atoms with E-state index in [9.17, 15) is 18.3 Å². The van der Waals surface area contributed by atoms with Crippen LogP contribution in [0.2, 0.25) is 19.6 Å². The van der Waals surface area contributed by atoms with Gasteiger partial charge in [-0.05, 0) is 56.5 Å². The van der Waals surface area contributed by atoms with Crippen molar-refractivity contribution in [2.24, 2.45) is 0 Å². The molecule has 9 nitrogen and oxygen atoms in total. The summed E-state index contributed by atoms with van der Waals surface area (Å²) in [6.07, 6.45) is 0.218. The monoisotopic (exact) mass is 560 g/mol. The fraction of sp³-hybridized carbons (Fsp3) is 0.407. The molecule has 38 heavy (non-hydrogen) atoms. The van der Waals surface area contributed by atoms with Crippen LogP contribution < -0.4 is 4.31 Å². The van der Waals surface area contributed by atoms with Crippen LogP contribution in [0.4, 0.5) is 5.88 Å². The molecule has 0 saturated heterocycles. The second-order valence-corrected chi connectivity index (χ2v) is 17.6. The van der Waals surface area contributed by atoms with Crippen molar-refractivity contribution in [1.29, 1.82) is 0 Å². The molecular weight excluding hydrogens is 524 g/mol. The van der Waals surface area contributed by atoms with E-state index >= 15 is 0 Å². The summed E-state index contributed by atoms with van der Waals surface area (Å²) in [6.45, 7) is 11.5. The third-order valence-corrected chi connectivity index (χ3v) is 11.0. The van der Waals surface area contributed by atoms with Crippen LogP contribution in [-0.2, 0) is 25.9 Å². The lowest BCUT2D eigenvalue weighted by atomic mass is 9.95. The number of hydrogen-bond donors (Lipinski definition) is 1. The van der Waals surface area contributed by atoms with Gasteiger partial charge in [0.1, 0.15) is 6.73 Å². The Balaban J connectivity index is 2.17. The van der Waals surface area contributed by atoms with E-state index in [0.29, 0.717) is 33.5 Å². The molecule has 2 aromatic carbocycles. The van der Waals surface area contributed by atoms with Crippen LogP contribution in [0.5, 0.6) is 0 Å². The molecule has 206 valence electrons. The van der Waals surface area contributed by atoms with Gasteiger partial charge >= 0.3 is 5.97 Å². The molecule has 0 aliphatic heterocycles. The number of carbonyl (C=O) groups is 1. The zero-order valence-corrected chi connectivity index (χ0v) is 24.8. The molecule has 0 spiro atoms. The SMILES string of the molecule is COC(=O)c1ccc(-c2ccccc2S(=O)(=O)N(COC(C)[Si](C)(C)C)c2onc(C)c2C)c(CCO)c1. The summed E-state index contributed by atoms with van der Waals surface area (Å²) in [5, 5.41) is 13.7. The summed E-state index contributed by atoms with van der Waals surface area (Å²) in [7, 11) is -4.65. The summed E-state index contributed by atoms with van der Waals surface area (Å²) in [5.41, 5.74) is 2.97. The molecule has 0 bridgehead atoms. The van der Waals surface area contributed by atoms with Gasteiger partial charge in [0.2, 0.25) is 5.88 Å². The normalized spacial score (nSPS) is 12.8. The van der Waals surface area contributed by atoms with E-state index in [2.05, 4.69) is 24.8 Å².